The van der Waals surface area contributed by atoms with Gasteiger partial charge in [0.1, 0.15) is 11.3 Å². The van der Waals surface area contributed by atoms with Crippen LogP contribution in [-0.2, 0) is 20.7 Å². The molecule has 0 radical (unpaired) electrons. The lowest BCUT2D eigenvalue weighted by molar-refractivity contribution is -0.144. The van der Waals surface area contributed by atoms with Gasteiger partial charge in [-0.3, -0.25) is 9.59 Å². The van der Waals surface area contributed by atoms with Crippen LogP contribution in [0.2, 0.25) is 0 Å². The summed E-state index contributed by atoms with van der Waals surface area (Å²) in [5.41, 5.74) is 1.64. The fourth-order valence-corrected chi connectivity index (χ4v) is 4.88. The normalized spacial score (nSPS) is 18.2. The number of aromatic nitrogens is 1. The van der Waals surface area contributed by atoms with E-state index < -0.39 is 17.6 Å². The van der Waals surface area contributed by atoms with Crippen LogP contribution in [0.5, 0.6) is 0 Å². The number of oxazole rings is 1. The number of anilines is 2. The Morgan fingerprint density at radius 1 is 1.21 bits per heavy atom. The molecule has 1 aromatic heterocycles. The van der Waals surface area contributed by atoms with Gasteiger partial charge in [-0.15, -0.1) is 0 Å². The summed E-state index contributed by atoms with van der Waals surface area (Å²) >= 11 is 0. The first-order valence-electron chi connectivity index (χ1n) is 13.4. The number of halogens is 2. The van der Waals surface area contributed by atoms with Crippen LogP contribution in [0.4, 0.5) is 20.5 Å². The highest BCUT2D eigenvalue weighted by atomic mass is 19.1. The number of nitrogens with zero attached hydrogens (tertiary/aromatic N) is 2. The number of aryl methyl sites for hydroxylation is 1. The number of benzene rings is 2. The molecule has 3 aromatic rings. The minimum absolute atomic E-state index is 0.0280. The maximum atomic E-state index is 15.2. The third-order valence-corrected chi connectivity index (χ3v) is 7.44. The fourth-order valence-electron chi connectivity index (χ4n) is 4.88. The highest BCUT2D eigenvalue weighted by Gasteiger charge is 2.28. The molecule has 4 rings (SSSR count). The molecular weight excluding hydrogens is 508 g/mol. The van der Waals surface area contributed by atoms with Gasteiger partial charge in [-0.25, -0.2) is 8.78 Å². The minimum Gasteiger partial charge on any atom is -0.481 e. The number of hydrogen-bond donors (Lipinski definition) is 2. The number of ether oxygens (including phenoxy) is 1. The van der Waals surface area contributed by atoms with Gasteiger partial charge < -0.3 is 24.5 Å². The second kappa shape index (κ2) is 12.5. The van der Waals surface area contributed by atoms with E-state index in [0.29, 0.717) is 31.5 Å². The molecule has 8 nitrogen and oxygen atoms in total. The molecule has 1 heterocycles. The smallest absolute Gasteiger partial charge is 0.306 e. The Bertz CT molecular complexity index is 1320. The van der Waals surface area contributed by atoms with Gasteiger partial charge in [0.05, 0.1) is 24.5 Å². The molecule has 2 aromatic carbocycles. The van der Waals surface area contributed by atoms with Gasteiger partial charge >= 0.3 is 5.97 Å². The monoisotopic (exact) mass is 543 g/mol. The Kier molecular flexibility index (Phi) is 9.16. The SMILES string of the molecule is CCC(CCN(C)C(=O)Cc1ccc2nc(Nc3cc(F)ccc3C)oc2c1F)O[C@H]1CC[C@H](C(=O)O)CC1. The van der Waals surface area contributed by atoms with Crippen LogP contribution in [0.25, 0.3) is 11.1 Å². The van der Waals surface area contributed by atoms with E-state index in [1.54, 1.807) is 31.0 Å². The molecule has 0 saturated heterocycles. The molecule has 1 unspecified atom stereocenters. The van der Waals surface area contributed by atoms with Crippen LogP contribution in [0, 0.1) is 24.5 Å². The molecule has 1 aliphatic carbocycles. The lowest BCUT2D eigenvalue weighted by atomic mass is 9.87. The number of fused-ring (bicyclic) bond motifs is 1. The number of rotatable bonds is 11. The lowest BCUT2D eigenvalue weighted by Gasteiger charge is -2.30. The van der Waals surface area contributed by atoms with Crippen molar-refractivity contribution >= 4 is 34.7 Å². The summed E-state index contributed by atoms with van der Waals surface area (Å²) in [5, 5.41) is 12.1. The predicted octanol–water partition coefficient (Wildman–Crippen LogP) is 5.99. The van der Waals surface area contributed by atoms with Crippen molar-refractivity contribution in [2.45, 2.75) is 71.0 Å². The Hall–Kier alpha value is -3.53. The number of nitrogens with one attached hydrogen (secondary N) is 1. The first-order chi connectivity index (χ1) is 18.6. The van der Waals surface area contributed by atoms with Crippen molar-refractivity contribution in [3.8, 4) is 0 Å². The molecule has 1 atom stereocenters. The Morgan fingerprint density at radius 3 is 2.64 bits per heavy atom. The highest BCUT2D eigenvalue weighted by molar-refractivity contribution is 5.82. The third kappa shape index (κ3) is 7.11. The van der Waals surface area contributed by atoms with Crippen molar-refractivity contribution in [3.63, 3.8) is 0 Å². The van der Waals surface area contributed by atoms with E-state index in [-0.39, 0.29) is 53.1 Å². The summed E-state index contributed by atoms with van der Waals surface area (Å²) in [6, 6.07) is 7.40. The number of hydrogen-bond acceptors (Lipinski definition) is 6. The molecule has 1 amide bonds. The van der Waals surface area contributed by atoms with Crippen molar-refractivity contribution < 1.29 is 32.6 Å². The molecule has 2 N–H and O–H groups in total. The fraction of sp³-hybridized carbons (Fsp3) is 0.483. The first kappa shape index (κ1) is 28.5. The molecular formula is C29H35F2N3O5. The van der Waals surface area contributed by atoms with E-state index in [4.69, 9.17) is 9.15 Å². The second-order valence-electron chi connectivity index (χ2n) is 10.2. The van der Waals surface area contributed by atoms with Crippen LogP contribution in [0.3, 0.4) is 0 Å². The molecule has 1 saturated carbocycles. The van der Waals surface area contributed by atoms with Crippen LogP contribution in [-0.4, -0.2) is 52.7 Å². The van der Waals surface area contributed by atoms with Crippen LogP contribution >= 0.6 is 0 Å². The van der Waals surface area contributed by atoms with E-state index >= 15 is 4.39 Å². The molecule has 10 heteroatoms. The Morgan fingerprint density at radius 2 is 1.95 bits per heavy atom. The summed E-state index contributed by atoms with van der Waals surface area (Å²) in [4.78, 5) is 29.8. The van der Waals surface area contributed by atoms with Crippen molar-refractivity contribution in [1.29, 1.82) is 0 Å². The van der Waals surface area contributed by atoms with Gasteiger partial charge in [0.25, 0.3) is 6.01 Å². The quantitative estimate of drug-likeness (QED) is 0.306. The van der Waals surface area contributed by atoms with E-state index in [0.717, 1.165) is 24.8 Å². The Balaban J connectivity index is 1.32. The topological polar surface area (TPSA) is 105 Å². The number of aliphatic carboxylic acids is 1. The van der Waals surface area contributed by atoms with Gasteiger partial charge in [0, 0.05) is 24.8 Å². The number of carbonyl (C=O) groups is 2. The Labute approximate surface area is 226 Å². The van der Waals surface area contributed by atoms with Crippen LogP contribution in [0.1, 0.15) is 56.6 Å². The summed E-state index contributed by atoms with van der Waals surface area (Å²) in [6.45, 7) is 4.28. The zero-order chi connectivity index (χ0) is 28.1. The van der Waals surface area contributed by atoms with Gasteiger partial charge in [-0.2, -0.15) is 4.98 Å². The average molecular weight is 544 g/mol. The van der Waals surface area contributed by atoms with E-state index in [1.165, 1.54) is 18.2 Å². The molecule has 0 spiro atoms. The van der Waals surface area contributed by atoms with Crippen molar-refractivity contribution in [2.75, 3.05) is 18.9 Å². The van der Waals surface area contributed by atoms with E-state index in [1.807, 2.05) is 6.92 Å². The number of carboxylic acids is 1. The van der Waals surface area contributed by atoms with Crippen LogP contribution < -0.4 is 5.32 Å². The zero-order valence-electron chi connectivity index (χ0n) is 22.5. The predicted molar refractivity (Wildman–Crippen MR) is 143 cm³/mol. The summed E-state index contributed by atoms with van der Waals surface area (Å²) < 4.78 is 40.6. The molecule has 210 valence electrons. The zero-order valence-corrected chi connectivity index (χ0v) is 22.5. The van der Waals surface area contributed by atoms with Crippen molar-refractivity contribution in [3.05, 3.63) is 53.1 Å². The minimum atomic E-state index is -0.740. The second-order valence-corrected chi connectivity index (χ2v) is 10.2. The summed E-state index contributed by atoms with van der Waals surface area (Å²) in [6.07, 6.45) is 3.98. The molecule has 0 bridgehead atoms. The maximum absolute atomic E-state index is 15.2. The van der Waals surface area contributed by atoms with Gasteiger partial charge in [-0.05, 0) is 69.2 Å². The summed E-state index contributed by atoms with van der Waals surface area (Å²) in [7, 11) is 1.68. The standard InChI is InChI=1S/C29H35F2N3O5/c1-4-21(38-22-10-6-18(7-11-22)28(36)37)13-14-34(3)25(35)15-19-8-12-23-27(26(19)31)39-29(32-23)33-24-16-20(30)9-5-17(24)2/h5,8-9,12,16,18,21-22H,4,6-7,10-11,13-15H2,1-3H3,(H,32,33)(H,36,37)/t18-,21?,22-. The maximum Gasteiger partial charge on any atom is 0.306 e. The molecule has 1 fully saturated rings. The van der Waals surface area contributed by atoms with Crippen molar-refractivity contribution in [2.24, 2.45) is 5.92 Å². The van der Waals surface area contributed by atoms with Crippen LogP contribution in [0.15, 0.2) is 34.7 Å². The number of carbonyl (C=O) groups excluding carboxylic acids is 1. The number of carboxylic acid groups (broad SMARTS) is 1. The average Bonchev–Trinajstić information content (AvgIpc) is 3.33. The van der Waals surface area contributed by atoms with E-state index in [2.05, 4.69) is 10.3 Å². The number of amides is 1. The van der Waals surface area contributed by atoms with E-state index in [9.17, 15) is 19.1 Å². The third-order valence-electron chi connectivity index (χ3n) is 7.44. The van der Waals surface area contributed by atoms with Crippen molar-refractivity contribution in [1.82, 2.24) is 9.88 Å². The largest absolute Gasteiger partial charge is 0.481 e. The molecule has 39 heavy (non-hydrogen) atoms. The van der Waals surface area contributed by atoms with Gasteiger partial charge in [-0.1, -0.05) is 19.1 Å². The van der Waals surface area contributed by atoms with Gasteiger partial charge in [0.15, 0.2) is 11.4 Å². The highest BCUT2D eigenvalue weighted by Crippen LogP contribution is 2.29. The number of likely N-dealkylation sites (N-methyl/N-ethyl adjacent to an activating group) is 1. The van der Waals surface area contributed by atoms with Gasteiger partial charge in [0.2, 0.25) is 5.91 Å². The molecule has 1 aliphatic rings. The summed E-state index contributed by atoms with van der Waals surface area (Å²) in [5.74, 6) is -2.34. The lowest BCUT2D eigenvalue weighted by Crippen LogP contribution is -2.34. The first-order valence-corrected chi connectivity index (χ1v) is 13.4. The molecule has 0 aliphatic heterocycles.